The van der Waals surface area contributed by atoms with Crippen molar-refractivity contribution in [3.8, 4) is 0 Å². The lowest BCUT2D eigenvalue weighted by Crippen LogP contribution is -2.52. The minimum atomic E-state index is -3.20. The Morgan fingerprint density at radius 2 is 2.21 bits per heavy atom. The number of sulfone groups is 1. The van der Waals surface area contributed by atoms with E-state index in [4.69, 9.17) is 0 Å². The third kappa shape index (κ3) is 5.19. The molecule has 1 aliphatic rings. The summed E-state index contributed by atoms with van der Waals surface area (Å²) in [6.45, 7) is 4.54. The topological polar surface area (TPSA) is 54.5 Å². The second-order valence-electron chi connectivity index (χ2n) is 4.76. The summed E-state index contributed by atoms with van der Waals surface area (Å²) in [5, 5.41) is -0.799. The lowest BCUT2D eigenvalue weighted by molar-refractivity contribution is -0.130. The monoisotopic (exact) mass is 325 g/mol. The number of carbonyl (C=O) groups is 1. The van der Waals surface area contributed by atoms with Gasteiger partial charge in [0, 0.05) is 24.3 Å². The zero-order valence-corrected chi connectivity index (χ0v) is 14.2. The number of carbonyl (C=O) groups excluding carboxylic acids is 1. The highest BCUT2D eigenvalue weighted by atomic mass is 32.2. The van der Waals surface area contributed by atoms with E-state index in [1.807, 2.05) is 6.92 Å². The lowest BCUT2D eigenvalue weighted by Gasteiger charge is -2.35. The third-order valence-corrected chi connectivity index (χ3v) is 6.94. The number of unbranched alkanes of at least 4 members (excludes halogenated alkanes) is 1. The normalized spacial score (nSPS) is 22.3. The van der Waals surface area contributed by atoms with Crippen LogP contribution < -0.4 is 0 Å². The van der Waals surface area contributed by atoms with Gasteiger partial charge in [-0.1, -0.05) is 13.3 Å². The largest absolute Gasteiger partial charge is 0.323 e. The maximum Gasteiger partial charge on any atom is 0.236 e. The molecule has 0 unspecified atom stereocenters. The molecule has 1 fully saturated rings. The first-order chi connectivity index (χ1) is 8.88. The van der Waals surface area contributed by atoms with E-state index in [1.165, 1.54) is 6.26 Å². The molecule has 0 radical (unpaired) electrons. The Balaban J connectivity index is 2.66. The van der Waals surface area contributed by atoms with Crippen LogP contribution in [0.5, 0.6) is 0 Å². The molecule has 19 heavy (non-hydrogen) atoms. The van der Waals surface area contributed by atoms with Gasteiger partial charge in [0.1, 0.15) is 5.37 Å². The first kappa shape index (κ1) is 17.2. The van der Waals surface area contributed by atoms with Gasteiger partial charge in [-0.25, -0.2) is 8.42 Å². The van der Waals surface area contributed by atoms with Crippen molar-refractivity contribution in [1.82, 2.24) is 4.90 Å². The molecule has 1 rings (SSSR count). The molecule has 0 aromatic rings. The van der Waals surface area contributed by atoms with E-state index < -0.39 is 15.2 Å². The predicted octanol–water partition coefficient (Wildman–Crippen LogP) is 1.85. The maximum absolute atomic E-state index is 12.4. The van der Waals surface area contributed by atoms with Crippen molar-refractivity contribution >= 4 is 39.3 Å². The third-order valence-electron chi connectivity index (χ3n) is 3.08. The molecule has 7 heteroatoms. The van der Waals surface area contributed by atoms with Gasteiger partial charge >= 0.3 is 0 Å². The van der Waals surface area contributed by atoms with Gasteiger partial charge in [0.25, 0.3) is 0 Å². The van der Waals surface area contributed by atoms with Crippen molar-refractivity contribution < 1.29 is 13.2 Å². The van der Waals surface area contributed by atoms with Crippen LogP contribution >= 0.6 is 23.5 Å². The fourth-order valence-electron chi connectivity index (χ4n) is 1.90. The number of nitrogens with zero attached hydrogens (tertiary/aromatic N) is 1. The Morgan fingerprint density at radius 1 is 1.53 bits per heavy atom. The summed E-state index contributed by atoms with van der Waals surface area (Å²) >= 11 is 3.23. The molecular weight excluding hydrogens is 302 g/mol. The van der Waals surface area contributed by atoms with E-state index in [2.05, 4.69) is 6.92 Å². The fraction of sp³-hybridized carbons (Fsp3) is 0.917. The molecule has 0 aliphatic carbocycles. The van der Waals surface area contributed by atoms with E-state index in [0.717, 1.165) is 24.3 Å². The van der Waals surface area contributed by atoms with E-state index in [9.17, 15) is 13.2 Å². The van der Waals surface area contributed by atoms with E-state index in [0.29, 0.717) is 12.3 Å². The standard InChI is InChI=1S/C12H23NO3S3/c1-4-5-7-18-10(2)12(14)13-6-8-17-9-11(13)19(3,15)16/h10-11H,4-9H2,1-3H3/t10-,11+/m0/s1. The Bertz CT molecular complexity index is 397. The van der Waals surface area contributed by atoms with E-state index >= 15 is 0 Å². The molecule has 0 bridgehead atoms. The second-order valence-corrected chi connectivity index (χ2v) is 9.56. The molecule has 0 spiro atoms. The molecule has 0 N–H and O–H groups in total. The molecule has 2 atom stereocenters. The van der Waals surface area contributed by atoms with E-state index in [1.54, 1.807) is 28.4 Å². The highest BCUT2D eigenvalue weighted by Gasteiger charge is 2.35. The summed E-state index contributed by atoms with van der Waals surface area (Å²) in [6.07, 6.45) is 3.42. The summed E-state index contributed by atoms with van der Waals surface area (Å²) in [6, 6.07) is 0. The van der Waals surface area contributed by atoms with Gasteiger partial charge in [0.15, 0.2) is 9.84 Å². The van der Waals surface area contributed by atoms with Crippen molar-refractivity contribution in [2.75, 3.05) is 30.1 Å². The average Bonchev–Trinajstić information content (AvgIpc) is 2.37. The van der Waals surface area contributed by atoms with Crippen LogP contribution in [0.3, 0.4) is 0 Å². The SMILES string of the molecule is CCCCS[C@@H](C)C(=O)N1CCSC[C@H]1S(C)(=O)=O. The Kier molecular flexibility index (Phi) is 7.04. The van der Waals surface area contributed by atoms with Gasteiger partial charge in [-0.15, -0.1) is 11.8 Å². The number of rotatable bonds is 6. The summed E-state index contributed by atoms with van der Waals surface area (Å²) < 4.78 is 23.5. The maximum atomic E-state index is 12.4. The van der Waals surface area contributed by atoms with Gasteiger partial charge in [-0.3, -0.25) is 4.79 Å². The molecule has 1 amide bonds. The first-order valence-electron chi connectivity index (χ1n) is 6.56. The quantitative estimate of drug-likeness (QED) is 0.698. The molecule has 4 nitrogen and oxygen atoms in total. The van der Waals surface area contributed by atoms with Crippen LogP contribution in [0.15, 0.2) is 0 Å². The number of thioether (sulfide) groups is 2. The van der Waals surface area contributed by atoms with Crippen LogP contribution in [0, 0.1) is 0 Å². The highest BCUT2D eigenvalue weighted by molar-refractivity contribution is 8.01. The molecule has 1 heterocycles. The van der Waals surface area contributed by atoms with Crippen LogP contribution in [0.2, 0.25) is 0 Å². The minimum Gasteiger partial charge on any atom is -0.323 e. The van der Waals surface area contributed by atoms with Crippen LogP contribution in [0.1, 0.15) is 26.7 Å². The van der Waals surface area contributed by atoms with E-state index in [-0.39, 0.29) is 11.2 Å². The molecule has 1 aliphatic heterocycles. The van der Waals surface area contributed by atoms with Crippen LogP contribution in [0.25, 0.3) is 0 Å². The molecular formula is C12H23NO3S3. The zero-order valence-electron chi connectivity index (χ0n) is 11.8. The molecule has 0 saturated carbocycles. The van der Waals surface area contributed by atoms with Gasteiger partial charge < -0.3 is 4.90 Å². The first-order valence-corrected chi connectivity index (χ1v) is 10.7. The average molecular weight is 326 g/mol. The van der Waals surface area contributed by atoms with Crippen molar-refractivity contribution in [3.05, 3.63) is 0 Å². The van der Waals surface area contributed by atoms with Crippen LogP contribution in [0.4, 0.5) is 0 Å². The van der Waals surface area contributed by atoms with Crippen LogP contribution in [-0.4, -0.2) is 59.9 Å². The number of hydrogen-bond acceptors (Lipinski definition) is 5. The van der Waals surface area contributed by atoms with Gasteiger partial charge in [0.2, 0.25) is 5.91 Å². The van der Waals surface area contributed by atoms with Crippen LogP contribution in [-0.2, 0) is 14.6 Å². The lowest BCUT2D eigenvalue weighted by atomic mass is 10.3. The molecule has 1 saturated heterocycles. The Morgan fingerprint density at radius 3 is 2.79 bits per heavy atom. The fourth-order valence-corrected chi connectivity index (χ4v) is 5.81. The molecule has 112 valence electrons. The minimum absolute atomic E-state index is 0.0307. The van der Waals surface area contributed by atoms with Gasteiger partial charge in [-0.2, -0.15) is 11.8 Å². The Hall–Kier alpha value is 0.120. The summed E-state index contributed by atoms with van der Waals surface area (Å²) in [5.74, 6) is 2.24. The van der Waals surface area contributed by atoms with Crippen molar-refractivity contribution in [1.29, 1.82) is 0 Å². The van der Waals surface area contributed by atoms with Crippen molar-refractivity contribution in [2.45, 2.75) is 37.3 Å². The van der Waals surface area contributed by atoms with Gasteiger partial charge in [0.05, 0.1) is 5.25 Å². The summed E-state index contributed by atoms with van der Waals surface area (Å²) in [7, 11) is -3.20. The second kappa shape index (κ2) is 7.78. The molecule has 0 aromatic carbocycles. The smallest absolute Gasteiger partial charge is 0.236 e. The van der Waals surface area contributed by atoms with Gasteiger partial charge in [-0.05, 0) is 19.1 Å². The number of amides is 1. The van der Waals surface area contributed by atoms with Crippen molar-refractivity contribution in [2.24, 2.45) is 0 Å². The van der Waals surface area contributed by atoms with Crippen molar-refractivity contribution in [3.63, 3.8) is 0 Å². The molecule has 0 aromatic heterocycles. The zero-order chi connectivity index (χ0) is 14.5. The number of hydrogen-bond donors (Lipinski definition) is 0. The summed E-state index contributed by atoms with van der Waals surface area (Å²) in [5.41, 5.74) is 0. The Labute approximate surface area is 125 Å². The summed E-state index contributed by atoms with van der Waals surface area (Å²) in [4.78, 5) is 13.9. The highest BCUT2D eigenvalue weighted by Crippen LogP contribution is 2.24. The predicted molar refractivity (Wildman–Crippen MR) is 84.5 cm³/mol.